The Kier molecular flexibility index (Phi) is 4.54. The fourth-order valence-corrected chi connectivity index (χ4v) is 2.59. The van der Waals surface area contributed by atoms with E-state index in [1.54, 1.807) is 6.07 Å². The lowest BCUT2D eigenvalue weighted by Crippen LogP contribution is -2.41. The summed E-state index contributed by atoms with van der Waals surface area (Å²) in [7, 11) is 0. The van der Waals surface area contributed by atoms with Crippen LogP contribution >= 0.6 is 15.9 Å². The summed E-state index contributed by atoms with van der Waals surface area (Å²) in [5, 5.41) is 13.0. The number of benzene rings is 1. The van der Waals surface area contributed by atoms with Crippen LogP contribution < -0.4 is 5.32 Å². The number of halogens is 2. The van der Waals surface area contributed by atoms with Crippen LogP contribution in [0.25, 0.3) is 0 Å². The maximum Gasteiger partial charge on any atom is 0.128 e. The van der Waals surface area contributed by atoms with Gasteiger partial charge in [-0.2, -0.15) is 0 Å². The fraction of sp³-hybridized carbons (Fsp3) is 0.538. The Labute approximate surface area is 109 Å². The molecule has 0 saturated heterocycles. The van der Waals surface area contributed by atoms with Gasteiger partial charge in [-0.3, -0.25) is 0 Å². The number of hydrogen-bond acceptors (Lipinski definition) is 2. The van der Waals surface area contributed by atoms with Crippen LogP contribution in [0.15, 0.2) is 22.7 Å². The van der Waals surface area contributed by atoms with Crippen LogP contribution in [0.1, 0.15) is 31.2 Å². The molecule has 17 heavy (non-hydrogen) atoms. The predicted molar refractivity (Wildman–Crippen MR) is 69.2 cm³/mol. The second kappa shape index (κ2) is 5.94. The average Bonchev–Trinajstić information content (AvgIpc) is 2.30. The van der Waals surface area contributed by atoms with Crippen molar-refractivity contribution in [3.05, 3.63) is 34.1 Å². The molecule has 1 saturated carbocycles. The molecule has 1 aromatic carbocycles. The van der Waals surface area contributed by atoms with Gasteiger partial charge in [0.2, 0.25) is 0 Å². The molecule has 1 aromatic rings. The van der Waals surface area contributed by atoms with Crippen molar-refractivity contribution < 1.29 is 9.50 Å². The summed E-state index contributed by atoms with van der Waals surface area (Å²) in [4.78, 5) is 0. The highest BCUT2D eigenvalue weighted by atomic mass is 79.9. The van der Waals surface area contributed by atoms with Gasteiger partial charge < -0.3 is 10.4 Å². The van der Waals surface area contributed by atoms with Crippen molar-refractivity contribution in [1.29, 1.82) is 0 Å². The van der Waals surface area contributed by atoms with Gasteiger partial charge in [0.1, 0.15) is 5.82 Å². The van der Waals surface area contributed by atoms with Gasteiger partial charge in [-0.1, -0.05) is 34.8 Å². The zero-order chi connectivity index (χ0) is 12.3. The molecule has 0 radical (unpaired) electrons. The quantitative estimate of drug-likeness (QED) is 0.899. The Bertz CT molecular complexity index is 386. The van der Waals surface area contributed by atoms with Crippen molar-refractivity contribution >= 4 is 15.9 Å². The third-order valence-corrected chi connectivity index (χ3v) is 3.79. The molecule has 0 amide bonds. The van der Waals surface area contributed by atoms with Gasteiger partial charge in [0, 0.05) is 22.6 Å². The SMILES string of the molecule is OC1CCCCC1NCc1ccc(Br)cc1F. The molecule has 0 spiro atoms. The predicted octanol–water partition coefficient (Wildman–Crippen LogP) is 2.98. The van der Waals surface area contributed by atoms with Crippen molar-refractivity contribution in [1.82, 2.24) is 5.32 Å². The van der Waals surface area contributed by atoms with Gasteiger partial charge in [0.25, 0.3) is 0 Å². The van der Waals surface area contributed by atoms with Gasteiger partial charge in [-0.05, 0) is 25.0 Å². The molecule has 2 unspecified atom stereocenters. The number of aliphatic hydroxyl groups is 1. The van der Waals surface area contributed by atoms with Crippen LogP contribution in [0.5, 0.6) is 0 Å². The van der Waals surface area contributed by atoms with Crippen molar-refractivity contribution in [2.75, 3.05) is 0 Å². The van der Waals surface area contributed by atoms with Crippen molar-refractivity contribution in [2.45, 2.75) is 44.4 Å². The minimum Gasteiger partial charge on any atom is -0.392 e. The molecule has 0 aromatic heterocycles. The van der Waals surface area contributed by atoms with E-state index < -0.39 is 0 Å². The van der Waals surface area contributed by atoms with E-state index in [1.807, 2.05) is 6.07 Å². The maximum absolute atomic E-state index is 13.6. The van der Waals surface area contributed by atoms with Gasteiger partial charge >= 0.3 is 0 Å². The number of nitrogens with one attached hydrogen (secondary N) is 1. The normalized spacial score (nSPS) is 24.9. The van der Waals surface area contributed by atoms with E-state index in [9.17, 15) is 9.50 Å². The van der Waals surface area contributed by atoms with Crippen LogP contribution in [0, 0.1) is 5.82 Å². The Morgan fingerprint density at radius 3 is 2.82 bits per heavy atom. The molecule has 2 nitrogen and oxygen atoms in total. The molecular weight excluding hydrogens is 285 g/mol. The summed E-state index contributed by atoms with van der Waals surface area (Å²) in [6, 6.07) is 5.17. The third-order valence-electron chi connectivity index (χ3n) is 3.30. The Morgan fingerprint density at radius 2 is 2.12 bits per heavy atom. The highest BCUT2D eigenvalue weighted by molar-refractivity contribution is 9.10. The monoisotopic (exact) mass is 301 g/mol. The van der Waals surface area contributed by atoms with Crippen LogP contribution in [0.4, 0.5) is 4.39 Å². The summed E-state index contributed by atoms with van der Waals surface area (Å²) in [6.45, 7) is 0.473. The highest BCUT2D eigenvalue weighted by Crippen LogP contribution is 2.20. The van der Waals surface area contributed by atoms with E-state index in [1.165, 1.54) is 6.07 Å². The lowest BCUT2D eigenvalue weighted by molar-refractivity contribution is 0.0901. The molecule has 2 N–H and O–H groups in total. The zero-order valence-corrected chi connectivity index (χ0v) is 11.2. The molecule has 1 aliphatic rings. The Hall–Kier alpha value is -0.450. The van der Waals surface area contributed by atoms with Crippen LogP contribution in [-0.4, -0.2) is 17.3 Å². The number of aliphatic hydroxyl groups excluding tert-OH is 1. The zero-order valence-electron chi connectivity index (χ0n) is 9.63. The third kappa shape index (κ3) is 3.50. The standard InChI is InChI=1S/C13H17BrFNO/c14-10-6-5-9(11(15)7-10)8-16-12-3-1-2-4-13(12)17/h5-7,12-13,16-17H,1-4,8H2. The molecule has 4 heteroatoms. The van der Waals surface area contributed by atoms with Crippen molar-refractivity contribution in [3.63, 3.8) is 0 Å². The van der Waals surface area contributed by atoms with Gasteiger partial charge in [0.05, 0.1) is 6.10 Å². The smallest absolute Gasteiger partial charge is 0.128 e. The topological polar surface area (TPSA) is 32.3 Å². The first-order valence-corrected chi connectivity index (χ1v) is 6.81. The van der Waals surface area contributed by atoms with Gasteiger partial charge in [-0.15, -0.1) is 0 Å². The first kappa shape index (κ1) is 13.0. The van der Waals surface area contributed by atoms with Crippen molar-refractivity contribution in [2.24, 2.45) is 0 Å². The van der Waals surface area contributed by atoms with E-state index in [4.69, 9.17) is 0 Å². The second-order valence-electron chi connectivity index (χ2n) is 4.57. The molecule has 0 bridgehead atoms. The lowest BCUT2D eigenvalue weighted by Gasteiger charge is -2.28. The minimum atomic E-state index is -0.290. The van der Waals surface area contributed by atoms with E-state index in [2.05, 4.69) is 21.2 Å². The average molecular weight is 302 g/mol. The number of hydrogen-bond donors (Lipinski definition) is 2. The molecular formula is C13H17BrFNO. The summed E-state index contributed by atoms with van der Waals surface area (Å²) in [6.07, 6.45) is 3.76. The van der Waals surface area contributed by atoms with Gasteiger partial charge in [-0.25, -0.2) is 4.39 Å². The summed E-state index contributed by atoms with van der Waals surface area (Å²) < 4.78 is 14.3. The summed E-state index contributed by atoms with van der Waals surface area (Å²) in [5.41, 5.74) is 0.644. The first-order valence-electron chi connectivity index (χ1n) is 6.02. The molecule has 2 rings (SSSR count). The molecule has 0 aliphatic heterocycles. The van der Waals surface area contributed by atoms with Crippen LogP contribution in [0.2, 0.25) is 0 Å². The first-order chi connectivity index (χ1) is 8.16. The molecule has 1 fully saturated rings. The van der Waals surface area contributed by atoms with Crippen molar-refractivity contribution in [3.8, 4) is 0 Å². The molecule has 1 aliphatic carbocycles. The van der Waals surface area contributed by atoms with Gasteiger partial charge in [0.15, 0.2) is 0 Å². The van der Waals surface area contributed by atoms with E-state index in [-0.39, 0.29) is 18.0 Å². The second-order valence-corrected chi connectivity index (χ2v) is 5.49. The summed E-state index contributed by atoms with van der Waals surface area (Å²) >= 11 is 3.23. The van der Waals surface area contributed by atoms with E-state index in [0.717, 1.165) is 30.2 Å². The van der Waals surface area contributed by atoms with E-state index in [0.29, 0.717) is 12.1 Å². The number of rotatable bonds is 3. The minimum absolute atomic E-state index is 0.104. The van der Waals surface area contributed by atoms with E-state index >= 15 is 0 Å². The molecule has 2 atom stereocenters. The van der Waals surface area contributed by atoms with Crippen LogP contribution in [0.3, 0.4) is 0 Å². The molecule has 0 heterocycles. The maximum atomic E-state index is 13.6. The molecule has 94 valence electrons. The lowest BCUT2D eigenvalue weighted by atomic mass is 9.92. The fourth-order valence-electron chi connectivity index (χ4n) is 2.26. The highest BCUT2D eigenvalue weighted by Gasteiger charge is 2.22. The Balaban J connectivity index is 1.92. The summed E-state index contributed by atoms with van der Waals surface area (Å²) in [5.74, 6) is -0.211. The Morgan fingerprint density at radius 1 is 1.35 bits per heavy atom. The largest absolute Gasteiger partial charge is 0.392 e. The van der Waals surface area contributed by atoms with Crippen LogP contribution in [-0.2, 0) is 6.54 Å².